The van der Waals surface area contributed by atoms with E-state index in [1.54, 1.807) is 6.07 Å². The van der Waals surface area contributed by atoms with Gasteiger partial charge in [-0.15, -0.1) is 0 Å². The Hall–Kier alpha value is -1.13. The van der Waals surface area contributed by atoms with Crippen LogP contribution in [0, 0.1) is 6.92 Å². The van der Waals surface area contributed by atoms with Crippen LogP contribution in [0.5, 0.6) is 0 Å². The number of aryl methyl sites for hydroxylation is 1. The zero-order chi connectivity index (χ0) is 13.1. The number of anilines is 1. The van der Waals surface area contributed by atoms with Gasteiger partial charge >= 0.3 is 0 Å². The Morgan fingerprint density at radius 3 is 2.50 bits per heavy atom. The topological polar surface area (TPSA) is 29.0 Å². The van der Waals surface area contributed by atoms with Crippen molar-refractivity contribution in [3.8, 4) is 0 Å². The fraction of sp³-hybridized carbons (Fsp3) is 0.231. The quantitative estimate of drug-likeness (QED) is 0.803. The predicted molar refractivity (Wildman–Crippen MR) is 78.0 cm³/mol. The molecule has 0 bridgehead atoms. The first-order chi connectivity index (χ1) is 8.54. The molecular formula is C13H13BrClN3. The van der Waals surface area contributed by atoms with E-state index in [1.807, 2.05) is 31.0 Å². The van der Waals surface area contributed by atoms with Gasteiger partial charge in [0.1, 0.15) is 16.8 Å². The average molecular weight is 327 g/mol. The van der Waals surface area contributed by atoms with Crippen LogP contribution in [-0.2, 0) is 6.54 Å². The monoisotopic (exact) mass is 325 g/mol. The summed E-state index contributed by atoms with van der Waals surface area (Å²) in [6.45, 7) is 2.61. The normalized spacial score (nSPS) is 10.4. The van der Waals surface area contributed by atoms with Crippen LogP contribution in [0.4, 0.5) is 5.82 Å². The molecule has 0 aliphatic carbocycles. The molecule has 0 aliphatic heterocycles. The van der Waals surface area contributed by atoms with E-state index in [1.165, 1.54) is 5.56 Å². The lowest BCUT2D eigenvalue weighted by atomic mass is 10.2. The molecule has 0 saturated carbocycles. The molecule has 18 heavy (non-hydrogen) atoms. The van der Waals surface area contributed by atoms with Crippen molar-refractivity contribution < 1.29 is 0 Å². The average Bonchev–Trinajstić information content (AvgIpc) is 2.31. The Morgan fingerprint density at radius 1 is 1.22 bits per heavy atom. The predicted octanol–water partition coefficient (Wildman–Crippen LogP) is 3.84. The highest BCUT2D eigenvalue weighted by atomic mass is 79.9. The van der Waals surface area contributed by atoms with Crippen LogP contribution in [0.1, 0.15) is 11.4 Å². The van der Waals surface area contributed by atoms with Gasteiger partial charge in [-0.3, -0.25) is 0 Å². The zero-order valence-corrected chi connectivity index (χ0v) is 12.5. The lowest BCUT2D eigenvalue weighted by molar-refractivity contribution is 0.879. The van der Waals surface area contributed by atoms with Crippen LogP contribution >= 0.6 is 27.5 Å². The number of hydrogen-bond donors (Lipinski definition) is 0. The fourth-order valence-electron chi connectivity index (χ4n) is 1.66. The lowest BCUT2D eigenvalue weighted by Gasteiger charge is -2.18. The summed E-state index contributed by atoms with van der Waals surface area (Å²) in [5.41, 5.74) is 1.22. The molecule has 1 aromatic heterocycles. The summed E-state index contributed by atoms with van der Waals surface area (Å²) in [4.78, 5) is 10.5. The largest absolute Gasteiger partial charge is 0.355 e. The van der Waals surface area contributed by atoms with Gasteiger partial charge in [0.05, 0.1) is 0 Å². The van der Waals surface area contributed by atoms with Gasteiger partial charge < -0.3 is 4.90 Å². The van der Waals surface area contributed by atoms with E-state index in [9.17, 15) is 0 Å². The highest BCUT2D eigenvalue weighted by Gasteiger charge is 2.06. The minimum atomic E-state index is 0.472. The molecule has 3 nitrogen and oxygen atoms in total. The summed E-state index contributed by atoms with van der Waals surface area (Å²) in [5, 5.41) is 0.472. The van der Waals surface area contributed by atoms with Gasteiger partial charge in [-0.1, -0.05) is 39.7 Å². The van der Waals surface area contributed by atoms with Gasteiger partial charge in [-0.25, -0.2) is 9.97 Å². The summed E-state index contributed by atoms with van der Waals surface area (Å²) >= 11 is 9.36. The van der Waals surface area contributed by atoms with Gasteiger partial charge in [-0.2, -0.15) is 0 Å². The second-order valence-corrected chi connectivity index (χ2v) is 5.38. The molecule has 94 valence electrons. The van der Waals surface area contributed by atoms with Crippen LogP contribution in [0.3, 0.4) is 0 Å². The van der Waals surface area contributed by atoms with Gasteiger partial charge in [0.15, 0.2) is 0 Å². The van der Waals surface area contributed by atoms with Crippen LogP contribution in [0.25, 0.3) is 0 Å². The number of aromatic nitrogens is 2. The first-order valence-electron chi connectivity index (χ1n) is 5.51. The molecule has 0 atom stereocenters. The molecule has 1 aromatic carbocycles. The van der Waals surface area contributed by atoms with Crippen molar-refractivity contribution in [1.29, 1.82) is 0 Å². The molecule has 0 spiro atoms. The van der Waals surface area contributed by atoms with Crippen molar-refractivity contribution in [3.63, 3.8) is 0 Å². The van der Waals surface area contributed by atoms with Gasteiger partial charge in [0.25, 0.3) is 0 Å². The summed E-state index contributed by atoms with van der Waals surface area (Å²) < 4.78 is 1.08. The molecule has 0 radical (unpaired) electrons. The summed E-state index contributed by atoms with van der Waals surface area (Å²) in [7, 11) is 1.99. The standard InChI is InChI=1S/C13H13BrClN3/c1-9-16-12(15)7-13(17-9)18(2)8-10-3-5-11(14)6-4-10/h3-7H,8H2,1-2H3. The second-order valence-electron chi connectivity index (χ2n) is 4.08. The smallest absolute Gasteiger partial charge is 0.134 e. The second kappa shape index (κ2) is 5.67. The Morgan fingerprint density at radius 2 is 1.89 bits per heavy atom. The first kappa shape index (κ1) is 13.3. The van der Waals surface area contributed by atoms with E-state index < -0.39 is 0 Å². The van der Waals surface area contributed by atoms with E-state index in [-0.39, 0.29) is 0 Å². The lowest BCUT2D eigenvalue weighted by Crippen LogP contribution is -2.18. The van der Waals surface area contributed by atoms with Crippen molar-refractivity contribution in [2.75, 3.05) is 11.9 Å². The number of halogens is 2. The molecule has 2 aromatic rings. The van der Waals surface area contributed by atoms with Gasteiger partial charge in [-0.05, 0) is 24.6 Å². The molecule has 0 fully saturated rings. The Kier molecular flexibility index (Phi) is 4.19. The van der Waals surface area contributed by atoms with Crippen LogP contribution < -0.4 is 4.90 Å². The number of nitrogens with zero attached hydrogens (tertiary/aromatic N) is 3. The Bertz CT molecular complexity index is 522. The van der Waals surface area contributed by atoms with Crippen molar-refractivity contribution in [2.24, 2.45) is 0 Å². The van der Waals surface area contributed by atoms with Crippen LogP contribution in [0.15, 0.2) is 34.8 Å². The molecule has 2 rings (SSSR count). The van der Waals surface area contributed by atoms with Gasteiger partial charge in [0.2, 0.25) is 0 Å². The summed E-state index contributed by atoms with van der Waals surface area (Å²) in [6.07, 6.45) is 0. The number of rotatable bonds is 3. The number of benzene rings is 1. The molecule has 0 unspecified atom stereocenters. The zero-order valence-electron chi connectivity index (χ0n) is 10.2. The Labute approximate surface area is 120 Å². The third-order valence-electron chi connectivity index (χ3n) is 2.52. The molecule has 0 amide bonds. The van der Waals surface area contributed by atoms with E-state index >= 15 is 0 Å². The van der Waals surface area contributed by atoms with E-state index in [0.29, 0.717) is 11.0 Å². The van der Waals surface area contributed by atoms with E-state index in [2.05, 4.69) is 38.0 Å². The summed E-state index contributed by atoms with van der Waals surface area (Å²) in [6, 6.07) is 9.99. The van der Waals surface area contributed by atoms with Crippen molar-refractivity contribution in [2.45, 2.75) is 13.5 Å². The molecule has 0 N–H and O–H groups in total. The maximum absolute atomic E-state index is 5.93. The summed E-state index contributed by atoms with van der Waals surface area (Å²) in [5.74, 6) is 1.51. The minimum Gasteiger partial charge on any atom is -0.355 e. The maximum atomic E-state index is 5.93. The molecule has 0 saturated heterocycles. The highest BCUT2D eigenvalue weighted by molar-refractivity contribution is 9.10. The van der Waals surface area contributed by atoms with Crippen LogP contribution in [-0.4, -0.2) is 17.0 Å². The van der Waals surface area contributed by atoms with Gasteiger partial charge in [0, 0.05) is 24.1 Å². The number of hydrogen-bond acceptors (Lipinski definition) is 3. The first-order valence-corrected chi connectivity index (χ1v) is 6.68. The molecule has 0 aliphatic rings. The van der Waals surface area contributed by atoms with Crippen molar-refractivity contribution in [3.05, 3.63) is 51.3 Å². The maximum Gasteiger partial charge on any atom is 0.134 e. The highest BCUT2D eigenvalue weighted by Crippen LogP contribution is 2.18. The van der Waals surface area contributed by atoms with E-state index in [4.69, 9.17) is 11.6 Å². The van der Waals surface area contributed by atoms with Crippen molar-refractivity contribution in [1.82, 2.24) is 9.97 Å². The third-order valence-corrected chi connectivity index (χ3v) is 3.24. The fourth-order valence-corrected chi connectivity index (χ4v) is 2.14. The SMILES string of the molecule is Cc1nc(Cl)cc(N(C)Cc2ccc(Br)cc2)n1. The molecule has 5 heteroatoms. The molecule has 1 heterocycles. The van der Waals surface area contributed by atoms with E-state index in [0.717, 1.165) is 16.8 Å². The minimum absolute atomic E-state index is 0.472. The Balaban J connectivity index is 2.16. The molecular weight excluding hydrogens is 314 g/mol. The van der Waals surface area contributed by atoms with Crippen LogP contribution in [0.2, 0.25) is 5.15 Å². The van der Waals surface area contributed by atoms with Crippen molar-refractivity contribution >= 4 is 33.3 Å². The third kappa shape index (κ3) is 3.43.